The molecule has 2 atom stereocenters. The first-order valence-electron chi connectivity index (χ1n) is 9.98. The SMILES string of the molecule is CC(C)[C@H](N)C(=O)NCC(=O)NCc1ccc(CN2CCCCC2C)cc1. The standard InChI is InChI=1S/C21H34N4O2/c1-15(2)20(22)21(27)24-13-19(26)23-12-17-7-9-18(10-8-17)14-25-11-5-4-6-16(25)3/h7-10,15-16,20H,4-6,11-14,22H2,1-3H3,(H,23,26)(H,24,27)/t16?,20-/m0/s1. The molecule has 150 valence electrons. The highest BCUT2D eigenvalue weighted by atomic mass is 16.2. The summed E-state index contributed by atoms with van der Waals surface area (Å²) in [5, 5.41) is 5.40. The fourth-order valence-electron chi connectivity index (χ4n) is 3.24. The number of likely N-dealkylation sites (tertiary alicyclic amines) is 1. The lowest BCUT2D eigenvalue weighted by Crippen LogP contribution is -2.47. The van der Waals surface area contributed by atoms with Crippen LogP contribution in [0, 0.1) is 5.92 Å². The van der Waals surface area contributed by atoms with Crippen LogP contribution in [-0.4, -0.2) is 41.9 Å². The number of nitrogens with two attached hydrogens (primary N) is 1. The number of carbonyl (C=O) groups excluding carboxylic acids is 2. The molecule has 4 N–H and O–H groups in total. The van der Waals surface area contributed by atoms with E-state index in [4.69, 9.17) is 5.73 Å². The van der Waals surface area contributed by atoms with Crippen molar-refractivity contribution in [2.75, 3.05) is 13.1 Å². The van der Waals surface area contributed by atoms with Crippen LogP contribution in [0.15, 0.2) is 24.3 Å². The van der Waals surface area contributed by atoms with Gasteiger partial charge in [-0.3, -0.25) is 14.5 Å². The number of rotatable bonds is 8. The Morgan fingerprint density at radius 3 is 2.44 bits per heavy atom. The number of amides is 2. The summed E-state index contributed by atoms with van der Waals surface area (Å²) in [5.74, 6) is -0.471. The Morgan fingerprint density at radius 1 is 1.15 bits per heavy atom. The second kappa shape index (κ2) is 10.4. The second-order valence-corrected chi connectivity index (χ2v) is 7.90. The van der Waals surface area contributed by atoms with Gasteiger partial charge in [-0.1, -0.05) is 44.5 Å². The molecule has 0 aromatic heterocycles. The maximum absolute atomic E-state index is 11.9. The van der Waals surface area contributed by atoms with Gasteiger partial charge in [-0.25, -0.2) is 0 Å². The molecule has 1 fully saturated rings. The Hall–Kier alpha value is -1.92. The molecule has 6 heteroatoms. The van der Waals surface area contributed by atoms with Crippen molar-refractivity contribution < 1.29 is 9.59 Å². The minimum absolute atomic E-state index is 0.0412. The van der Waals surface area contributed by atoms with Crippen molar-refractivity contribution in [1.29, 1.82) is 0 Å². The zero-order valence-corrected chi connectivity index (χ0v) is 16.8. The van der Waals surface area contributed by atoms with E-state index in [-0.39, 0.29) is 24.3 Å². The fraction of sp³-hybridized carbons (Fsp3) is 0.619. The van der Waals surface area contributed by atoms with Crippen LogP contribution in [-0.2, 0) is 22.7 Å². The van der Waals surface area contributed by atoms with Gasteiger partial charge in [0.1, 0.15) is 0 Å². The van der Waals surface area contributed by atoms with Crippen LogP contribution >= 0.6 is 0 Å². The van der Waals surface area contributed by atoms with Gasteiger partial charge in [0.05, 0.1) is 12.6 Å². The van der Waals surface area contributed by atoms with Gasteiger partial charge in [-0.15, -0.1) is 0 Å². The number of nitrogens with zero attached hydrogens (tertiary/aromatic N) is 1. The summed E-state index contributed by atoms with van der Waals surface area (Å²) in [6, 6.07) is 8.43. The van der Waals surface area contributed by atoms with Crippen LogP contribution in [0.3, 0.4) is 0 Å². The second-order valence-electron chi connectivity index (χ2n) is 7.90. The molecule has 2 rings (SSSR count). The number of hydrogen-bond acceptors (Lipinski definition) is 4. The lowest BCUT2D eigenvalue weighted by Gasteiger charge is -2.33. The minimum Gasteiger partial charge on any atom is -0.350 e. The first kappa shape index (κ1) is 21.4. The molecular formula is C21H34N4O2. The van der Waals surface area contributed by atoms with E-state index in [9.17, 15) is 9.59 Å². The fourth-order valence-corrected chi connectivity index (χ4v) is 3.24. The van der Waals surface area contributed by atoms with E-state index in [1.165, 1.54) is 31.4 Å². The van der Waals surface area contributed by atoms with E-state index in [1.807, 2.05) is 13.8 Å². The number of piperidine rings is 1. The van der Waals surface area contributed by atoms with Gasteiger partial charge in [0.25, 0.3) is 0 Å². The van der Waals surface area contributed by atoms with Gasteiger partial charge in [-0.05, 0) is 43.4 Å². The molecule has 1 unspecified atom stereocenters. The van der Waals surface area contributed by atoms with Crippen LogP contribution < -0.4 is 16.4 Å². The maximum atomic E-state index is 11.9. The Balaban J connectivity index is 1.73. The molecule has 2 amide bonds. The van der Waals surface area contributed by atoms with Crippen LogP contribution in [0.5, 0.6) is 0 Å². The predicted molar refractivity (Wildman–Crippen MR) is 108 cm³/mol. The molecule has 27 heavy (non-hydrogen) atoms. The van der Waals surface area contributed by atoms with Gasteiger partial charge in [-0.2, -0.15) is 0 Å². The quantitative estimate of drug-likeness (QED) is 0.647. The Morgan fingerprint density at radius 2 is 1.81 bits per heavy atom. The highest BCUT2D eigenvalue weighted by Crippen LogP contribution is 2.19. The maximum Gasteiger partial charge on any atom is 0.239 e. The Bertz CT molecular complexity index is 615. The van der Waals surface area contributed by atoms with Gasteiger partial charge in [0.15, 0.2) is 0 Å². The molecule has 1 aromatic carbocycles. The van der Waals surface area contributed by atoms with Crippen molar-refractivity contribution in [3.05, 3.63) is 35.4 Å². The summed E-state index contributed by atoms with van der Waals surface area (Å²) in [6.07, 6.45) is 3.90. The topological polar surface area (TPSA) is 87.5 Å². The number of carbonyl (C=O) groups is 2. The molecular weight excluding hydrogens is 340 g/mol. The summed E-state index contributed by atoms with van der Waals surface area (Å²) in [4.78, 5) is 26.2. The molecule has 0 radical (unpaired) electrons. The van der Waals surface area contributed by atoms with Crippen LogP contribution in [0.25, 0.3) is 0 Å². The van der Waals surface area contributed by atoms with Crippen molar-refractivity contribution in [2.45, 2.75) is 65.2 Å². The third-order valence-electron chi connectivity index (χ3n) is 5.28. The smallest absolute Gasteiger partial charge is 0.239 e. The van der Waals surface area contributed by atoms with E-state index < -0.39 is 6.04 Å². The zero-order valence-electron chi connectivity index (χ0n) is 16.8. The van der Waals surface area contributed by atoms with E-state index in [0.29, 0.717) is 12.6 Å². The van der Waals surface area contributed by atoms with Crippen LogP contribution in [0.2, 0.25) is 0 Å². The van der Waals surface area contributed by atoms with Crippen molar-refractivity contribution in [3.63, 3.8) is 0 Å². The molecule has 0 aliphatic carbocycles. The molecule has 1 aromatic rings. The lowest BCUT2D eigenvalue weighted by atomic mass is 10.0. The van der Waals surface area contributed by atoms with Gasteiger partial charge < -0.3 is 16.4 Å². The number of hydrogen-bond donors (Lipinski definition) is 3. The lowest BCUT2D eigenvalue weighted by molar-refractivity contribution is -0.127. The molecule has 1 saturated heterocycles. The van der Waals surface area contributed by atoms with Crippen molar-refractivity contribution >= 4 is 11.8 Å². The van der Waals surface area contributed by atoms with Gasteiger partial charge in [0, 0.05) is 19.1 Å². The van der Waals surface area contributed by atoms with Crippen molar-refractivity contribution in [2.24, 2.45) is 11.7 Å². The predicted octanol–water partition coefficient (Wildman–Crippen LogP) is 1.78. The van der Waals surface area contributed by atoms with E-state index in [2.05, 4.69) is 46.7 Å². The van der Waals surface area contributed by atoms with Gasteiger partial charge in [0.2, 0.25) is 11.8 Å². The zero-order chi connectivity index (χ0) is 19.8. The largest absolute Gasteiger partial charge is 0.350 e. The molecule has 6 nitrogen and oxygen atoms in total. The molecule has 1 aliphatic heterocycles. The Labute approximate surface area is 162 Å². The molecule has 0 spiro atoms. The number of benzene rings is 1. The average molecular weight is 375 g/mol. The third kappa shape index (κ3) is 6.96. The highest BCUT2D eigenvalue weighted by Gasteiger charge is 2.18. The summed E-state index contributed by atoms with van der Waals surface area (Å²) in [5.41, 5.74) is 8.10. The van der Waals surface area contributed by atoms with E-state index in [1.54, 1.807) is 0 Å². The molecule has 1 heterocycles. The van der Waals surface area contributed by atoms with Crippen molar-refractivity contribution in [1.82, 2.24) is 15.5 Å². The molecule has 0 saturated carbocycles. The first-order chi connectivity index (χ1) is 12.9. The van der Waals surface area contributed by atoms with Crippen LogP contribution in [0.1, 0.15) is 51.2 Å². The highest BCUT2D eigenvalue weighted by molar-refractivity contribution is 5.87. The van der Waals surface area contributed by atoms with Crippen molar-refractivity contribution in [3.8, 4) is 0 Å². The first-order valence-corrected chi connectivity index (χ1v) is 9.98. The third-order valence-corrected chi connectivity index (χ3v) is 5.28. The summed E-state index contributed by atoms with van der Waals surface area (Å²) < 4.78 is 0. The minimum atomic E-state index is -0.590. The summed E-state index contributed by atoms with van der Waals surface area (Å²) >= 11 is 0. The van der Waals surface area contributed by atoms with E-state index >= 15 is 0 Å². The normalized spacial score (nSPS) is 18.9. The van der Waals surface area contributed by atoms with Crippen LogP contribution in [0.4, 0.5) is 0 Å². The molecule has 1 aliphatic rings. The summed E-state index contributed by atoms with van der Waals surface area (Å²) in [6.45, 7) is 8.60. The Kier molecular flexibility index (Phi) is 8.25. The average Bonchev–Trinajstić information content (AvgIpc) is 2.66. The number of nitrogens with one attached hydrogen (secondary N) is 2. The summed E-state index contributed by atoms with van der Waals surface area (Å²) in [7, 11) is 0. The molecule has 0 bridgehead atoms. The van der Waals surface area contributed by atoms with E-state index in [0.717, 1.165) is 12.1 Å². The van der Waals surface area contributed by atoms with Gasteiger partial charge >= 0.3 is 0 Å². The monoisotopic (exact) mass is 374 g/mol.